The third-order valence-electron chi connectivity index (χ3n) is 4.71. The summed E-state index contributed by atoms with van der Waals surface area (Å²) >= 11 is 0. The van der Waals surface area contributed by atoms with Gasteiger partial charge in [0, 0.05) is 30.5 Å². The quantitative estimate of drug-likeness (QED) is 0.705. The molecular weight excluding hydrogens is 350 g/mol. The number of nitrogens with zero attached hydrogens (tertiary/aromatic N) is 2. The number of benzene rings is 2. The topological polar surface area (TPSA) is 42.4 Å². The van der Waals surface area contributed by atoms with Crippen molar-refractivity contribution < 1.29 is 18.3 Å². The Balaban J connectivity index is 1.38. The van der Waals surface area contributed by atoms with Gasteiger partial charge in [0.1, 0.15) is 17.7 Å². The second-order valence-electron chi connectivity index (χ2n) is 6.62. The highest BCUT2D eigenvalue weighted by Gasteiger charge is 2.28. The average Bonchev–Trinajstić information content (AvgIpc) is 3.12. The third kappa shape index (κ3) is 3.89. The lowest BCUT2D eigenvalue weighted by atomic mass is 10.1. The molecule has 1 aromatic heterocycles. The molecule has 0 radical (unpaired) electrons. The maximum absolute atomic E-state index is 13.7. The van der Waals surface area contributed by atoms with Crippen molar-refractivity contribution >= 4 is 16.8 Å². The summed E-state index contributed by atoms with van der Waals surface area (Å²) in [4.78, 5) is 18.6. The summed E-state index contributed by atoms with van der Waals surface area (Å²) in [5.74, 6) is -1.02. The standard InChI is InChI=1S/C21H18F2N2O2/c22-16-7-5-15(18(23)12-16)11-21(26)25-10-9-17(13-25)27-20-8-6-14-3-1-2-4-19(14)24-20/h1-8,12,17H,9-11,13H2. The molecule has 1 aliphatic rings. The molecule has 6 heteroatoms. The molecule has 3 aromatic rings. The van der Waals surface area contributed by atoms with Crippen molar-refractivity contribution in [2.24, 2.45) is 0 Å². The molecule has 27 heavy (non-hydrogen) atoms. The minimum absolute atomic E-state index is 0.0902. The number of aromatic nitrogens is 1. The first kappa shape index (κ1) is 17.4. The zero-order valence-electron chi connectivity index (χ0n) is 14.6. The van der Waals surface area contributed by atoms with Crippen molar-refractivity contribution in [1.29, 1.82) is 0 Å². The Morgan fingerprint density at radius 2 is 2.00 bits per heavy atom. The van der Waals surface area contributed by atoms with Crippen LogP contribution in [0.3, 0.4) is 0 Å². The van der Waals surface area contributed by atoms with Crippen molar-refractivity contribution in [3.8, 4) is 5.88 Å². The number of rotatable bonds is 4. The molecular formula is C21H18F2N2O2. The highest BCUT2D eigenvalue weighted by Crippen LogP contribution is 2.21. The molecule has 4 rings (SSSR count). The number of carbonyl (C=O) groups is 1. The maximum Gasteiger partial charge on any atom is 0.227 e. The monoisotopic (exact) mass is 368 g/mol. The molecule has 0 spiro atoms. The van der Waals surface area contributed by atoms with E-state index in [2.05, 4.69) is 4.98 Å². The van der Waals surface area contributed by atoms with Crippen LogP contribution in [0, 0.1) is 11.6 Å². The molecule has 0 N–H and O–H groups in total. The first-order chi connectivity index (χ1) is 13.1. The van der Waals surface area contributed by atoms with Gasteiger partial charge < -0.3 is 9.64 Å². The number of para-hydroxylation sites is 1. The summed E-state index contributed by atoms with van der Waals surface area (Å²) in [6.07, 6.45) is 0.444. The summed E-state index contributed by atoms with van der Waals surface area (Å²) < 4.78 is 32.7. The Morgan fingerprint density at radius 3 is 2.85 bits per heavy atom. The van der Waals surface area contributed by atoms with Gasteiger partial charge in [-0.05, 0) is 23.8 Å². The Hall–Kier alpha value is -3.02. The van der Waals surface area contributed by atoms with E-state index < -0.39 is 11.6 Å². The summed E-state index contributed by atoms with van der Waals surface area (Å²) in [5, 5.41) is 1.04. The minimum Gasteiger partial charge on any atom is -0.472 e. The van der Waals surface area contributed by atoms with Gasteiger partial charge in [-0.1, -0.05) is 24.3 Å². The van der Waals surface area contributed by atoms with Crippen molar-refractivity contribution in [3.63, 3.8) is 0 Å². The Bertz CT molecular complexity index is 993. The first-order valence-electron chi connectivity index (χ1n) is 8.82. The highest BCUT2D eigenvalue weighted by molar-refractivity contribution is 5.79. The third-order valence-corrected chi connectivity index (χ3v) is 4.71. The molecule has 4 nitrogen and oxygen atoms in total. The lowest BCUT2D eigenvalue weighted by Crippen LogP contribution is -2.32. The molecule has 1 saturated heterocycles. The van der Waals surface area contributed by atoms with Crippen molar-refractivity contribution in [1.82, 2.24) is 9.88 Å². The van der Waals surface area contributed by atoms with Crippen LogP contribution in [0.5, 0.6) is 5.88 Å². The van der Waals surface area contributed by atoms with Crippen LogP contribution in [-0.4, -0.2) is 35.0 Å². The fourth-order valence-corrected chi connectivity index (χ4v) is 3.27. The van der Waals surface area contributed by atoms with Gasteiger partial charge in [-0.3, -0.25) is 4.79 Å². The van der Waals surface area contributed by atoms with Crippen LogP contribution >= 0.6 is 0 Å². The number of halogens is 2. The zero-order chi connectivity index (χ0) is 18.8. The maximum atomic E-state index is 13.7. The Labute approximate surface area is 155 Å². The number of pyridine rings is 1. The van der Waals surface area contributed by atoms with E-state index in [9.17, 15) is 13.6 Å². The van der Waals surface area contributed by atoms with Gasteiger partial charge in [-0.15, -0.1) is 0 Å². The van der Waals surface area contributed by atoms with Crippen LogP contribution in [0.25, 0.3) is 10.9 Å². The second-order valence-corrected chi connectivity index (χ2v) is 6.62. The molecule has 0 saturated carbocycles. The predicted octanol–water partition coefficient (Wildman–Crippen LogP) is 3.74. The van der Waals surface area contributed by atoms with E-state index in [1.807, 2.05) is 36.4 Å². The van der Waals surface area contributed by atoms with Crippen molar-refractivity contribution in [2.45, 2.75) is 18.9 Å². The molecule has 0 aliphatic carbocycles. The largest absolute Gasteiger partial charge is 0.472 e. The summed E-state index contributed by atoms with van der Waals surface area (Å²) in [5.41, 5.74) is 1.05. The number of hydrogen-bond donors (Lipinski definition) is 0. The first-order valence-corrected chi connectivity index (χ1v) is 8.82. The van der Waals surface area contributed by atoms with Gasteiger partial charge >= 0.3 is 0 Å². The van der Waals surface area contributed by atoms with E-state index in [0.717, 1.165) is 23.0 Å². The SMILES string of the molecule is O=C(Cc1ccc(F)cc1F)N1CCC(Oc2ccc3ccccc3n2)C1. The second kappa shape index (κ2) is 7.31. The summed E-state index contributed by atoms with van der Waals surface area (Å²) in [6.45, 7) is 0.968. The number of likely N-dealkylation sites (tertiary alicyclic amines) is 1. The van der Waals surface area contributed by atoms with Gasteiger partial charge in [0.15, 0.2) is 0 Å². The van der Waals surface area contributed by atoms with E-state index in [4.69, 9.17) is 4.74 Å². The summed E-state index contributed by atoms with van der Waals surface area (Å²) in [6, 6.07) is 14.8. The van der Waals surface area contributed by atoms with Crippen LogP contribution in [0.15, 0.2) is 54.6 Å². The molecule has 1 unspecified atom stereocenters. The van der Waals surface area contributed by atoms with Gasteiger partial charge in [0.2, 0.25) is 11.8 Å². The van der Waals surface area contributed by atoms with E-state index in [1.165, 1.54) is 6.07 Å². The molecule has 0 bridgehead atoms. The van der Waals surface area contributed by atoms with E-state index in [-0.39, 0.29) is 24.0 Å². The van der Waals surface area contributed by atoms with Gasteiger partial charge in [-0.25, -0.2) is 13.8 Å². The summed E-state index contributed by atoms with van der Waals surface area (Å²) in [7, 11) is 0. The number of ether oxygens (including phenoxy) is 1. The molecule has 1 atom stereocenters. The fraction of sp³-hybridized carbons (Fsp3) is 0.238. The fourth-order valence-electron chi connectivity index (χ4n) is 3.27. The Morgan fingerprint density at radius 1 is 1.15 bits per heavy atom. The van der Waals surface area contributed by atoms with Gasteiger partial charge in [0.25, 0.3) is 0 Å². The molecule has 138 valence electrons. The number of carbonyl (C=O) groups excluding carboxylic acids is 1. The lowest BCUT2D eigenvalue weighted by Gasteiger charge is -2.17. The number of fused-ring (bicyclic) bond motifs is 1. The smallest absolute Gasteiger partial charge is 0.227 e. The van der Waals surface area contributed by atoms with Crippen LogP contribution in [-0.2, 0) is 11.2 Å². The predicted molar refractivity (Wildman–Crippen MR) is 97.4 cm³/mol. The molecule has 1 aliphatic heterocycles. The van der Waals surface area contributed by atoms with Gasteiger partial charge in [0.05, 0.1) is 18.5 Å². The average molecular weight is 368 g/mol. The lowest BCUT2D eigenvalue weighted by molar-refractivity contribution is -0.129. The number of amides is 1. The van der Waals surface area contributed by atoms with Crippen LogP contribution in [0.1, 0.15) is 12.0 Å². The Kier molecular flexibility index (Phi) is 4.71. The van der Waals surface area contributed by atoms with Crippen LogP contribution < -0.4 is 4.74 Å². The van der Waals surface area contributed by atoms with Crippen molar-refractivity contribution in [2.75, 3.05) is 13.1 Å². The van der Waals surface area contributed by atoms with E-state index >= 15 is 0 Å². The molecule has 1 amide bonds. The van der Waals surface area contributed by atoms with Crippen molar-refractivity contribution in [3.05, 3.63) is 71.8 Å². The van der Waals surface area contributed by atoms with Crippen LogP contribution in [0.4, 0.5) is 8.78 Å². The van der Waals surface area contributed by atoms with E-state index in [1.54, 1.807) is 4.90 Å². The zero-order valence-corrected chi connectivity index (χ0v) is 14.6. The van der Waals surface area contributed by atoms with E-state index in [0.29, 0.717) is 25.4 Å². The molecule has 2 heterocycles. The number of hydrogen-bond acceptors (Lipinski definition) is 3. The van der Waals surface area contributed by atoms with Gasteiger partial charge in [-0.2, -0.15) is 0 Å². The molecule has 2 aromatic carbocycles. The van der Waals surface area contributed by atoms with Crippen LogP contribution in [0.2, 0.25) is 0 Å². The normalized spacial score (nSPS) is 16.7. The molecule has 1 fully saturated rings. The minimum atomic E-state index is -0.698. The highest BCUT2D eigenvalue weighted by atomic mass is 19.1.